The lowest BCUT2D eigenvalue weighted by molar-refractivity contribution is 0.294. The van der Waals surface area contributed by atoms with Gasteiger partial charge in [-0.05, 0) is 25.9 Å². The monoisotopic (exact) mass is 160 g/mol. The minimum absolute atomic E-state index is 0.703. The Bertz CT molecular complexity index is 91.6. The molecule has 2 nitrogen and oxygen atoms in total. The van der Waals surface area contributed by atoms with Crippen molar-refractivity contribution in [2.24, 2.45) is 0 Å². The zero-order valence-electron chi connectivity index (χ0n) is 6.51. The summed E-state index contributed by atoms with van der Waals surface area (Å²) in [6.07, 6.45) is 2.49. The molecule has 0 atom stereocenters. The predicted molar refractivity (Wildman–Crippen MR) is 47.3 cm³/mol. The van der Waals surface area contributed by atoms with E-state index in [0.717, 1.165) is 19.6 Å². The summed E-state index contributed by atoms with van der Waals surface area (Å²) in [5.41, 5.74) is 0. The van der Waals surface area contributed by atoms with E-state index in [4.69, 9.17) is 0 Å². The van der Waals surface area contributed by atoms with E-state index in [0.29, 0.717) is 6.04 Å². The maximum absolute atomic E-state index is 4.38. The van der Waals surface area contributed by atoms with Gasteiger partial charge in [0.2, 0.25) is 0 Å². The minimum Gasteiger partial charge on any atom is -0.317 e. The van der Waals surface area contributed by atoms with Crippen molar-refractivity contribution in [2.45, 2.75) is 25.8 Å². The molecular weight excluding hydrogens is 144 g/mol. The van der Waals surface area contributed by atoms with E-state index in [1.165, 1.54) is 12.8 Å². The van der Waals surface area contributed by atoms with Crippen LogP contribution >= 0.6 is 12.8 Å². The summed E-state index contributed by atoms with van der Waals surface area (Å²) in [5.74, 6) is 0. The quantitative estimate of drug-likeness (QED) is 0.584. The molecule has 0 bridgehead atoms. The second-order valence-electron chi connectivity index (χ2n) is 2.74. The van der Waals surface area contributed by atoms with Crippen molar-refractivity contribution in [2.75, 3.05) is 19.6 Å². The van der Waals surface area contributed by atoms with Gasteiger partial charge in [-0.25, -0.2) is 0 Å². The van der Waals surface area contributed by atoms with Crippen LogP contribution in [-0.4, -0.2) is 30.0 Å². The molecule has 0 radical (unpaired) electrons. The topological polar surface area (TPSA) is 15.3 Å². The SMILES string of the molecule is CCN(S)C1CCNCC1. The molecule has 10 heavy (non-hydrogen) atoms. The number of piperidine rings is 1. The normalized spacial score (nSPS) is 21.9. The molecule has 0 aliphatic carbocycles. The standard InChI is InChI=1S/C7H16N2S/c1-2-9(10)7-3-5-8-6-4-7/h7-8,10H,2-6H2,1H3. The summed E-state index contributed by atoms with van der Waals surface area (Å²) in [5, 5.41) is 3.33. The Kier molecular flexibility index (Phi) is 3.52. The van der Waals surface area contributed by atoms with E-state index in [9.17, 15) is 0 Å². The molecule has 3 heteroatoms. The first kappa shape index (κ1) is 8.37. The Labute approximate surface area is 68.5 Å². The summed E-state index contributed by atoms with van der Waals surface area (Å²) < 4.78 is 2.14. The second kappa shape index (κ2) is 4.21. The van der Waals surface area contributed by atoms with Crippen LogP contribution < -0.4 is 5.32 Å². The highest BCUT2D eigenvalue weighted by Crippen LogP contribution is 2.12. The van der Waals surface area contributed by atoms with Gasteiger partial charge >= 0.3 is 0 Å². The number of nitrogens with one attached hydrogen (secondary N) is 1. The van der Waals surface area contributed by atoms with Crippen LogP contribution in [0.5, 0.6) is 0 Å². The van der Waals surface area contributed by atoms with Gasteiger partial charge in [0.05, 0.1) is 0 Å². The van der Waals surface area contributed by atoms with E-state index in [2.05, 4.69) is 29.4 Å². The molecule has 0 aromatic carbocycles. The fourth-order valence-corrected chi connectivity index (χ4v) is 1.59. The third kappa shape index (κ3) is 2.15. The molecule has 1 N–H and O–H groups in total. The highest BCUT2D eigenvalue weighted by Gasteiger charge is 2.16. The fraction of sp³-hybridized carbons (Fsp3) is 1.00. The lowest BCUT2D eigenvalue weighted by atomic mass is 10.1. The summed E-state index contributed by atoms with van der Waals surface area (Å²) in [6.45, 7) is 5.51. The minimum atomic E-state index is 0.703. The molecule has 0 saturated carbocycles. The average Bonchev–Trinajstić information content (AvgIpc) is 2.05. The fourth-order valence-electron chi connectivity index (χ4n) is 1.36. The number of thiol groups is 1. The number of hydrogen-bond donors (Lipinski definition) is 2. The molecule has 1 aliphatic heterocycles. The third-order valence-corrected chi connectivity index (χ3v) is 2.66. The number of hydrogen-bond acceptors (Lipinski definition) is 3. The zero-order valence-corrected chi connectivity index (χ0v) is 7.40. The van der Waals surface area contributed by atoms with Crippen molar-refractivity contribution in [3.63, 3.8) is 0 Å². The Morgan fingerprint density at radius 2 is 2.10 bits per heavy atom. The molecule has 60 valence electrons. The second-order valence-corrected chi connectivity index (χ2v) is 3.25. The van der Waals surface area contributed by atoms with Crippen LogP contribution in [0, 0.1) is 0 Å². The van der Waals surface area contributed by atoms with Crippen LogP contribution in [0.3, 0.4) is 0 Å². The van der Waals surface area contributed by atoms with Gasteiger partial charge in [0.1, 0.15) is 0 Å². The Balaban J connectivity index is 2.24. The predicted octanol–water partition coefficient (Wildman–Crippen LogP) is 0.905. The summed E-state index contributed by atoms with van der Waals surface area (Å²) in [6, 6.07) is 0.703. The van der Waals surface area contributed by atoms with E-state index in [1.807, 2.05) is 0 Å². The van der Waals surface area contributed by atoms with Crippen LogP contribution in [0.4, 0.5) is 0 Å². The van der Waals surface area contributed by atoms with Crippen LogP contribution in [0.2, 0.25) is 0 Å². The molecule has 1 saturated heterocycles. The Morgan fingerprint density at radius 3 is 2.60 bits per heavy atom. The maximum Gasteiger partial charge on any atom is 0.0224 e. The zero-order chi connectivity index (χ0) is 7.40. The van der Waals surface area contributed by atoms with E-state index in [1.54, 1.807) is 0 Å². The van der Waals surface area contributed by atoms with Crippen molar-refractivity contribution in [3.8, 4) is 0 Å². The molecule has 0 aromatic rings. The first-order valence-electron chi connectivity index (χ1n) is 4.01. The largest absolute Gasteiger partial charge is 0.317 e. The van der Waals surface area contributed by atoms with Gasteiger partial charge in [0.15, 0.2) is 0 Å². The number of rotatable bonds is 2. The first-order valence-corrected chi connectivity index (χ1v) is 4.41. The molecule has 1 aliphatic rings. The highest BCUT2D eigenvalue weighted by molar-refractivity contribution is 7.77. The third-order valence-electron chi connectivity index (χ3n) is 2.05. The van der Waals surface area contributed by atoms with Crippen LogP contribution in [0.1, 0.15) is 19.8 Å². The van der Waals surface area contributed by atoms with Crippen molar-refractivity contribution < 1.29 is 0 Å². The van der Waals surface area contributed by atoms with Crippen LogP contribution in [0.25, 0.3) is 0 Å². The van der Waals surface area contributed by atoms with Gasteiger partial charge in [0, 0.05) is 12.6 Å². The van der Waals surface area contributed by atoms with Crippen molar-refractivity contribution in [1.29, 1.82) is 0 Å². The van der Waals surface area contributed by atoms with Crippen molar-refractivity contribution >= 4 is 12.8 Å². The maximum atomic E-state index is 4.38. The van der Waals surface area contributed by atoms with Crippen LogP contribution in [0.15, 0.2) is 0 Å². The smallest absolute Gasteiger partial charge is 0.0224 e. The van der Waals surface area contributed by atoms with Gasteiger partial charge in [0.25, 0.3) is 0 Å². The molecule has 0 spiro atoms. The van der Waals surface area contributed by atoms with E-state index in [-0.39, 0.29) is 0 Å². The lowest BCUT2D eigenvalue weighted by Crippen LogP contribution is -2.38. The van der Waals surface area contributed by atoms with Crippen LogP contribution in [-0.2, 0) is 0 Å². The summed E-state index contributed by atoms with van der Waals surface area (Å²) >= 11 is 4.38. The summed E-state index contributed by atoms with van der Waals surface area (Å²) in [4.78, 5) is 0. The molecule has 0 unspecified atom stereocenters. The van der Waals surface area contributed by atoms with Crippen molar-refractivity contribution in [3.05, 3.63) is 0 Å². The van der Waals surface area contributed by atoms with Gasteiger partial charge in [-0.3, -0.25) is 4.31 Å². The molecule has 1 rings (SSSR count). The molecule has 0 aromatic heterocycles. The molecule has 0 amide bonds. The molecular formula is C7H16N2S. The van der Waals surface area contributed by atoms with Gasteiger partial charge < -0.3 is 5.32 Å². The van der Waals surface area contributed by atoms with E-state index >= 15 is 0 Å². The van der Waals surface area contributed by atoms with E-state index < -0.39 is 0 Å². The van der Waals surface area contributed by atoms with Gasteiger partial charge in [-0.2, -0.15) is 0 Å². The Morgan fingerprint density at radius 1 is 1.50 bits per heavy atom. The highest BCUT2D eigenvalue weighted by atomic mass is 32.1. The van der Waals surface area contributed by atoms with Gasteiger partial charge in [-0.15, -0.1) is 0 Å². The van der Waals surface area contributed by atoms with Gasteiger partial charge in [-0.1, -0.05) is 19.7 Å². The lowest BCUT2D eigenvalue weighted by Gasteiger charge is -2.29. The molecule has 1 heterocycles. The average molecular weight is 160 g/mol. The Hall–Kier alpha value is 0.270. The number of nitrogens with zero attached hydrogens (tertiary/aromatic N) is 1. The summed E-state index contributed by atoms with van der Waals surface area (Å²) in [7, 11) is 0. The molecule has 1 fully saturated rings. The van der Waals surface area contributed by atoms with Crippen molar-refractivity contribution in [1.82, 2.24) is 9.62 Å². The first-order chi connectivity index (χ1) is 4.84.